The van der Waals surface area contributed by atoms with Gasteiger partial charge in [0.25, 0.3) is 0 Å². The van der Waals surface area contributed by atoms with E-state index < -0.39 is 11.6 Å². The molecule has 0 bridgehead atoms. The molecule has 1 aromatic carbocycles. The van der Waals surface area contributed by atoms with E-state index in [0.717, 1.165) is 0 Å². The second-order valence-electron chi connectivity index (χ2n) is 5.03. The van der Waals surface area contributed by atoms with E-state index >= 15 is 0 Å². The molecule has 1 atom stereocenters. The molecule has 0 aromatic heterocycles. The van der Waals surface area contributed by atoms with Crippen LogP contribution in [0.3, 0.4) is 0 Å². The van der Waals surface area contributed by atoms with Crippen LogP contribution in [0.5, 0.6) is 5.75 Å². The minimum absolute atomic E-state index is 0.0560. The lowest BCUT2D eigenvalue weighted by molar-refractivity contribution is -0.0268. The van der Waals surface area contributed by atoms with Gasteiger partial charge in [0.15, 0.2) is 0 Å². The van der Waals surface area contributed by atoms with Crippen LogP contribution in [0.2, 0.25) is 0 Å². The van der Waals surface area contributed by atoms with Crippen molar-refractivity contribution in [2.24, 2.45) is 5.92 Å². The van der Waals surface area contributed by atoms with Crippen LogP contribution in [0.15, 0.2) is 18.2 Å². The molecule has 0 saturated carbocycles. The number of ether oxygens (including phenoxy) is 1. The van der Waals surface area contributed by atoms with Gasteiger partial charge in [-0.3, -0.25) is 0 Å². The normalized spacial score (nSPS) is 14.3. The lowest BCUT2D eigenvalue weighted by Crippen LogP contribution is -2.37. The number of aliphatic hydroxyl groups is 1. The fourth-order valence-electron chi connectivity index (χ4n) is 1.39. The minimum Gasteiger partial charge on any atom is -0.490 e. The van der Waals surface area contributed by atoms with Crippen LogP contribution >= 0.6 is 0 Å². The molecular formula is C14H20O4. The molecule has 0 aliphatic rings. The number of benzene rings is 1. The van der Waals surface area contributed by atoms with Crippen LogP contribution in [0.25, 0.3) is 0 Å². The van der Waals surface area contributed by atoms with Crippen molar-refractivity contribution in [1.29, 1.82) is 0 Å². The van der Waals surface area contributed by atoms with E-state index in [0.29, 0.717) is 11.3 Å². The Balaban J connectivity index is 2.87. The second kappa shape index (κ2) is 5.40. The molecule has 0 aliphatic carbocycles. The van der Waals surface area contributed by atoms with Gasteiger partial charge >= 0.3 is 5.97 Å². The molecular weight excluding hydrogens is 232 g/mol. The maximum absolute atomic E-state index is 11.0. The van der Waals surface area contributed by atoms with Gasteiger partial charge in [0, 0.05) is 5.56 Å². The number of carboxylic acid groups (broad SMARTS) is 1. The Hall–Kier alpha value is -1.55. The Morgan fingerprint density at radius 3 is 2.56 bits per heavy atom. The minimum atomic E-state index is -0.978. The van der Waals surface area contributed by atoms with Gasteiger partial charge in [-0.2, -0.15) is 0 Å². The first-order valence-corrected chi connectivity index (χ1v) is 5.94. The van der Waals surface area contributed by atoms with Crippen molar-refractivity contribution >= 4 is 5.97 Å². The highest BCUT2D eigenvalue weighted by Gasteiger charge is 2.26. The smallest absolute Gasteiger partial charge is 0.336 e. The van der Waals surface area contributed by atoms with Crippen molar-refractivity contribution in [3.8, 4) is 5.75 Å². The van der Waals surface area contributed by atoms with Crippen LogP contribution < -0.4 is 4.74 Å². The Morgan fingerprint density at radius 1 is 1.44 bits per heavy atom. The monoisotopic (exact) mass is 252 g/mol. The topological polar surface area (TPSA) is 66.8 Å². The van der Waals surface area contributed by atoms with Gasteiger partial charge in [0.1, 0.15) is 12.4 Å². The molecule has 2 N–H and O–H groups in total. The van der Waals surface area contributed by atoms with Gasteiger partial charge < -0.3 is 14.9 Å². The van der Waals surface area contributed by atoms with Gasteiger partial charge in [0.05, 0.1) is 11.2 Å². The van der Waals surface area contributed by atoms with E-state index in [9.17, 15) is 9.90 Å². The molecule has 0 spiro atoms. The molecule has 1 unspecified atom stereocenters. The molecule has 100 valence electrons. The summed E-state index contributed by atoms with van der Waals surface area (Å²) in [6.45, 7) is 7.35. The summed E-state index contributed by atoms with van der Waals surface area (Å²) < 4.78 is 5.54. The first-order valence-electron chi connectivity index (χ1n) is 5.94. The predicted molar refractivity (Wildman–Crippen MR) is 69.1 cm³/mol. The highest BCUT2D eigenvalue weighted by Crippen LogP contribution is 2.24. The standard InChI is InChI=1S/C14H20O4/c1-9(2)14(4,17)8-18-12-7-5-6-11(10(12)3)13(15)16/h5-7,9,17H,8H2,1-4H3,(H,15,16). The molecule has 18 heavy (non-hydrogen) atoms. The number of hydrogen-bond acceptors (Lipinski definition) is 3. The van der Waals surface area contributed by atoms with Gasteiger partial charge in [-0.1, -0.05) is 19.9 Å². The molecule has 0 heterocycles. The maximum Gasteiger partial charge on any atom is 0.336 e. The van der Waals surface area contributed by atoms with Crippen LogP contribution in [0.4, 0.5) is 0 Å². The van der Waals surface area contributed by atoms with Crippen LogP contribution in [0.1, 0.15) is 36.7 Å². The fourth-order valence-corrected chi connectivity index (χ4v) is 1.39. The van der Waals surface area contributed by atoms with Crippen LogP contribution in [-0.4, -0.2) is 28.4 Å². The van der Waals surface area contributed by atoms with Crippen LogP contribution in [0, 0.1) is 12.8 Å². The average molecular weight is 252 g/mol. The predicted octanol–water partition coefficient (Wildman–Crippen LogP) is 2.48. The third kappa shape index (κ3) is 3.23. The number of carbonyl (C=O) groups is 1. The van der Waals surface area contributed by atoms with E-state index in [-0.39, 0.29) is 18.1 Å². The number of rotatable bonds is 5. The second-order valence-corrected chi connectivity index (χ2v) is 5.03. The number of aromatic carboxylic acids is 1. The van der Waals surface area contributed by atoms with E-state index in [1.807, 2.05) is 13.8 Å². The Kier molecular flexibility index (Phi) is 4.35. The van der Waals surface area contributed by atoms with Crippen molar-refractivity contribution in [2.45, 2.75) is 33.3 Å². The fraction of sp³-hybridized carbons (Fsp3) is 0.500. The quantitative estimate of drug-likeness (QED) is 0.844. The molecule has 0 saturated heterocycles. The summed E-state index contributed by atoms with van der Waals surface area (Å²) in [5.74, 6) is -0.426. The van der Waals surface area contributed by atoms with E-state index in [1.54, 1.807) is 26.0 Å². The summed E-state index contributed by atoms with van der Waals surface area (Å²) in [6, 6.07) is 4.87. The van der Waals surface area contributed by atoms with Crippen molar-refractivity contribution in [3.63, 3.8) is 0 Å². The van der Waals surface area contributed by atoms with E-state index in [4.69, 9.17) is 9.84 Å². The van der Waals surface area contributed by atoms with Gasteiger partial charge in [-0.15, -0.1) is 0 Å². The maximum atomic E-state index is 11.0. The molecule has 1 rings (SSSR count). The van der Waals surface area contributed by atoms with Crippen molar-refractivity contribution < 1.29 is 19.7 Å². The molecule has 0 amide bonds. The van der Waals surface area contributed by atoms with Crippen molar-refractivity contribution in [3.05, 3.63) is 29.3 Å². The molecule has 4 heteroatoms. The largest absolute Gasteiger partial charge is 0.490 e. The summed E-state index contributed by atoms with van der Waals surface area (Å²) in [4.78, 5) is 11.0. The summed E-state index contributed by atoms with van der Waals surface area (Å²) >= 11 is 0. The number of hydrogen-bond donors (Lipinski definition) is 2. The first-order chi connectivity index (χ1) is 8.25. The number of carboxylic acids is 1. The third-order valence-corrected chi connectivity index (χ3v) is 3.28. The van der Waals surface area contributed by atoms with Crippen molar-refractivity contribution in [2.75, 3.05) is 6.61 Å². The zero-order valence-corrected chi connectivity index (χ0v) is 11.2. The molecule has 4 nitrogen and oxygen atoms in total. The highest BCUT2D eigenvalue weighted by atomic mass is 16.5. The molecule has 0 fully saturated rings. The SMILES string of the molecule is Cc1c(OCC(C)(O)C(C)C)cccc1C(=O)O. The lowest BCUT2D eigenvalue weighted by atomic mass is 9.94. The summed E-state index contributed by atoms with van der Waals surface area (Å²) in [7, 11) is 0. The van der Waals surface area contributed by atoms with E-state index in [1.165, 1.54) is 6.07 Å². The first kappa shape index (κ1) is 14.5. The Bertz CT molecular complexity index is 435. The summed E-state index contributed by atoms with van der Waals surface area (Å²) in [5.41, 5.74) is -0.146. The van der Waals surface area contributed by atoms with E-state index in [2.05, 4.69) is 0 Å². The van der Waals surface area contributed by atoms with Gasteiger partial charge in [0.2, 0.25) is 0 Å². The Labute approximate surface area is 107 Å². The molecule has 0 radical (unpaired) electrons. The molecule has 0 aliphatic heterocycles. The summed E-state index contributed by atoms with van der Waals surface area (Å²) in [5, 5.41) is 19.1. The van der Waals surface area contributed by atoms with Crippen LogP contribution in [-0.2, 0) is 0 Å². The Morgan fingerprint density at radius 2 is 2.06 bits per heavy atom. The van der Waals surface area contributed by atoms with Gasteiger partial charge in [-0.05, 0) is 31.9 Å². The average Bonchev–Trinajstić information content (AvgIpc) is 2.27. The van der Waals surface area contributed by atoms with Gasteiger partial charge in [-0.25, -0.2) is 4.79 Å². The zero-order valence-electron chi connectivity index (χ0n) is 11.2. The van der Waals surface area contributed by atoms with Crippen molar-refractivity contribution in [1.82, 2.24) is 0 Å². The third-order valence-electron chi connectivity index (χ3n) is 3.28. The highest BCUT2D eigenvalue weighted by molar-refractivity contribution is 5.90. The summed E-state index contributed by atoms with van der Waals surface area (Å²) in [6.07, 6.45) is 0. The zero-order chi connectivity index (χ0) is 13.9. The lowest BCUT2D eigenvalue weighted by Gasteiger charge is -2.27. The molecule has 1 aromatic rings.